The number of amides is 1. The van der Waals surface area contributed by atoms with Gasteiger partial charge in [-0.2, -0.15) is 0 Å². The predicted octanol–water partition coefficient (Wildman–Crippen LogP) is 0.766. The van der Waals surface area contributed by atoms with Crippen LogP contribution < -0.4 is 5.32 Å². The standard InChI is InChI=1S/C11H10N4O3/c1-15-5-9(13-6-15)10(16)14-7-2-3-12-8(4-7)11(17)18/h2-6H,1H3,(H,17,18)(H,12,14,16). The lowest BCUT2D eigenvalue weighted by Gasteiger charge is -2.03. The van der Waals surface area contributed by atoms with Gasteiger partial charge in [-0.3, -0.25) is 4.79 Å². The van der Waals surface area contributed by atoms with Crippen LogP contribution in [-0.4, -0.2) is 31.5 Å². The van der Waals surface area contributed by atoms with E-state index in [4.69, 9.17) is 5.11 Å². The summed E-state index contributed by atoms with van der Waals surface area (Å²) in [5.41, 5.74) is 0.484. The Kier molecular flexibility index (Phi) is 3.05. The summed E-state index contributed by atoms with van der Waals surface area (Å²) in [5, 5.41) is 11.3. The van der Waals surface area contributed by atoms with Crippen LogP contribution >= 0.6 is 0 Å². The van der Waals surface area contributed by atoms with Gasteiger partial charge in [0.25, 0.3) is 5.91 Å². The van der Waals surface area contributed by atoms with Crippen LogP contribution in [-0.2, 0) is 7.05 Å². The Morgan fingerprint density at radius 1 is 1.33 bits per heavy atom. The number of aromatic nitrogens is 3. The van der Waals surface area contributed by atoms with Crippen molar-refractivity contribution in [2.75, 3.05) is 5.32 Å². The number of hydrogen-bond donors (Lipinski definition) is 2. The number of pyridine rings is 1. The van der Waals surface area contributed by atoms with E-state index in [-0.39, 0.29) is 11.4 Å². The van der Waals surface area contributed by atoms with E-state index in [0.717, 1.165) is 0 Å². The minimum atomic E-state index is -1.15. The van der Waals surface area contributed by atoms with Crippen LogP contribution in [0.15, 0.2) is 30.9 Å². The molecule has 92 valence electrons. The van der Waals surface area contributed by atoms with Crippen molar-refractivity contribution in [1.29, 1.82) is 0 Å². The summed E-state index contributed by atoms with van der Waals surface area (Å²) in [7, 11) is 1.75. The lowest BCUT2D eigenvalue weighted by molar-refractivity contribution is 0.0690. The van der Waals surface area contributed by atoms with Crippen molar-refractivity contribution in [2.45, 2.75) is 0 Å². The number of carbonyl (C=O) groups is 2. The molecule has 0 aliphatic heterocycles. The summed E-state index contributed by atoms with van der Waals surface area (Å²) in [6, 6.07) is 2.79. The highest BCUT2D eigenvalue weighted by atomic mass is 16.4. The molecule has 0 aliphatic carbocycles. The van der Waals surface area contributed by atoms with Crippen molar-refractivity contribution in [3.63, 3.8) is 0 Å². The minimum absolute atomic E-state index is 0.131. The highest BCUT2D eigenvalue weighted by molar-refractivity contribution is 6.03. The van der Waals surface area contributed by atoms with Gasteiger partial charge >= 0.3 is 5.97 Å². The smallest absolute Gasteiger partial charge is 0.354 e. The van der Waals surface area contributed by atoms with Crippen LogP contribution in [0, 0.1) is 0 Å². The van der Waals surface area contributed by atoms with Gasteiger partial charge in [0.15, 0.2) is 0 Å². The minimum Gasteiger partial charge on any atom is -0.477 e. The van der Waals surface area contributed by atoms with Crippen molar-refractivity contribution in [3.05, 3.63) is 42.2 Å². The van der Waals surface area contributed by atoms with Gasteiger partial charge in [0.2, 0.25) is 0 Å². The number of nitrogens with one attached hydrogen (secondary N) is 1. The molecular formula is C11H10N4O3. The SMILES string of the molecule is Cn1cnc(C(=O)Nc2ccnc(C(=O)O)c2)c1. The van der Waals surface area contributed by atoms with Gasteiger partial charge in [-0.05, 0) is 12.1 Å². The maximum absolute atomic E-state index is 11.8. The molecule has 2 aromatic rings. The number of aromatic carboxylic acids is 1. The Bertz CT molecular complexity index is 606. The molecule has 0 spiro atoms. The number of rotatable bonds is 3. The third-order valence-electron chi connectivity index (χ3n) is 2.17. The largest absolute Gasteiger partial charge is 0.477 e. The Morgan fingerprint density at radius 3 is 2.72 bits per heavy atom. The fourth-order valence-electron chi connectivity index (χ4n) is 1.35. The van der Waals surface area contributed by atoms with Crippen LogP contribution in [0.5, 0.6) is 0 Å². The number of carboxylic acid groups (broad SMARTS) is 1. The first-order valence-electron chi connectivity index (χ1n) is 5.05. The van der Waals surface area contributed by atoms with Crippen LogP contribution in [0.2, 0.25) is 0 Å². The van der Waals surface area contributed by atoms with Crippen LogP contribution in [0.4, 0.5) is 5.69 Å². The van der Waals surface area contributed by atoms with Crippen LogP contribution in [0.3, 0.4) is 0 Å². The zero-order chi connectivity index (χ0) is 13.1. The van der Waals surface area contributed by atoms with E-state index in [1.807, 2.05) is 0 Å². The Labute approximate surface area is 102 Å². The van der Waals surface area contributed by atoms with Crippen molar-refractivity contribution >= 4 is 17.6 Å². The third-order valence-corrected chi connectivity index (χ3v) is 2.17. The molecule has 7 nitrogen and oxygen atoms in total. The van der Waals surface area contributed by atoms with Gasteiger partial charge in [-0.1, -0.05) is 0 Å². The van der Waals surface area contributed by atoms with E-state index in [9.17, 15) is 9.59 Å². The van der Waals surface area contributed by atoms with Crippen LogP contribution in [0.25, 0.3) is 0 Å². The summed E-state index contributed by atoms with van der Waals surface area (Å²) < 4.78 is 1.64. The zero-order valence-corrected chi connectivity index (χ0v) is 9.49. The topological polar surface area (TPSA) is 97.1 Å². The molecule has 2 N–H and O–H groups in total. The Balaban J connectivity index is 2.16. The average molecular weight is 246 g/mol. The normalized spacial score (nSPS) is 10.1. The fourth-order valence-corrected chi connectivity index (χ4v) is 1.35. The number of hydrogen-bond acceptors (Lipinski definition) is 4. The van der Waals surface area contributed by atoms with Gasteiger partial charge in [-0.25, -0.2) is 14.8 Å². The van der Waals surface area contributed by atoms with Gasteiger partial charge < -0.3 is 15.0 Å². The molecule has 0 fully saturated rings. The number of anilines is 1. The second-order valence-corrected chi connectivity index (χ2v) is 3.61. The highest BCUT2D eigenvalue weighted by Gasteiger charge is 2.10. The molecule has 2 rings (SSSR count). The molecule has 0 bridgehead atoms. The molecule has 18 heavy (non-hydrogen) atoms. The van der Waals surface area contributed by atoms with E-state index in [0.29, 0.717) is 5.69 Å². The number of aryl methyl sites for hydroxylation is 1. The number of carboxylic acids is 1. The predicted molar refractivity (Wildman–Crippen MR) is 62.4 cm³/mol. The van der Waals surface area contributed by atoms with Crippen molar-refractivity contribution in [1.82, 2.24) is 14.5 Å². The van der Waals surface area contributed by atoms with E-state index in [2.05, 4.69) is 15.3 Å². The first-order valence-corrected chi connectivity index (χ1v) is 5.05. The van der Waals surface area contributed by atoms with Gasteiger partial charge in [0.05, 0.1) is 6.33 Å². The molecule has 1 amide bonds. The molecule has 0 saturated heterocycles. The lowest BCUT2D eigenvalue weighted by atomic mass is 10.3. The molecule has 0 aromatic carbocycles. The lowest BCUT2D eigenvalue weighted by Crippen LogP contribution is -2.13. The van der Waals surface area contributed by atoms with E-state index in [1.54, 1.807) is 17.8 Å². The molecule has 0 saturated carbocycles. The third kappa shape index (κ3) is 2.51. The maximum Gasteiger partial charge on any atom is 0.354 e. The van der Waals surface area contributed by atoms with Gasteiger partial charge in [0.1, 0.15) is 11.4 Å². The Morgan fingerprint density at radius 2 is 2.11 bits per heavy atom. The molecule has 7 heteroatoms. The Hall–Kier alpha value is -2.70. The first kappa shape index (κ1) is 11.8. The molecule has 0 atom stereocenters. The number of carbonyl (C=O) groups excluding carboxylic acids is 1. The fraction of sp³-hybridized carbons (Fsp3) is 0.0909. The molecule has 0 aliphatic rings. The molecular weight excluding hydrogens is 236 g/mol. The van der Waals surface area contributed by atoms with Gasteiger partial charge in [-0.15, -0.1) is 0 Å². The molecule has 2 heterocycles. The van der Waals surface area contributed by atoms with Crippen molar-refractivity contribution in [2.24, 2.45) is 7.05 Å². The molecule has 2 aromatic heterocycles. The van der Waals surface area contributed by atoms with E-state index < -0.39 is 11.9 Å². The van der Waals surface area contributed by atoms with E-state index in [1.165, 1.54) is 24.7 Å². The maximum atomic E-state index is 11.8. The summed E-state index contributed by atoms with van der Waals surface area (Å²) in [6.07, 6.45) is 4.39. The number of nitrogens with zero attached hydrogens (tertiary/aromatic N) is 3. The number of imidazole rings is 1. The highest BCUT2D eigenvalue weighted by Crippen LogP contribution is 2.09. The molecule has 0 unspecified atom stereocenters. The molecule has 0 radical (unpaired) electrons. The van der Waals surface area contributed by atoms with E-state index >= 15 is 0 Å². The van der Waals surface area contributed by atoms with Crippen LogP contribution in [0.1, 0.15) is 21.0 Å². The second kappa shape index (κ2) is 4.66. The van der Waals surface area contributed by atoms with Crippen molar-refractivity contribution in [3.8, 4) is 0 Å². The summed E-state index contributed by atoms with van der Waals surface area (Å²) in [5.74, 6) is -1.55. The van der Waals surface area contributed by atoms with Crippen molar-refractivity contribution < 1.29 is 14.7 Å². The summed E-state index contributed by atoms with van der Waals surface area (Å²) >= 11 is 0. The van der Waals surface area contributed by atoms with Gasteiger partial charge in [0, 0.05) is 25.1 Å². The summed E-state index contributed by atoms with van der Waals surface area (Å²) in [6.45, 7) is 0. The zero-order valence-electron chi connectivity index (χ0n) is 9.49. The monoisotopic (exact) mass is 246 g/mol. The second-order valence-electron chi connectivity index (χ2n) is 3.61. The quantitative estimate of drug-likeness (QED) is 0.833. The summed E-state index contributed by atoms with van der Waals surface area (Å²) in [4.78, 5) is 30.0. The average Bonchev–Trinajstić information content (AvgIpc) is 2.76. The first-order chi connectivity index (χ1) is 8.56.